The molecule has 0 aromatic heterocycles. The van der Waals surface area contributed by atoms with Gasteiger partial charge in [0, 0.05) is 13.7 Å². The van der Waals surface area contributed by atoms with Crippen LogP contribution in [0.1, 0.15) is 19.8 Å². The van der Waals surface area contributed by atoms with Crippen molar-refractivity contribution in [2.75, 3.05) is 39.4 Å². The molecule has 0 radical (unpaired) electrons. The maximum atomic E-state index is 12.1. The topological polar surface area (TPSA) is 228 Å². The third-order valence-electron chi connectivity index (χ3n) is 4.14. The predicted octanol–water partition coefficient (Wildman–Crippen LogP) is -0.264. The summed E-state index contributed by atoms with van der Waals surface area (Å²) in [5.74, 6) is 0. The molecule has 1 heterocycles. The number of aliphatic hydroxyl groups excluding tert-OH is 3. The van der Waals surface area contributed by atoms with Gasteiger partial charge in [0.05, 0.1) is 6.61 Å². The van der Waals surface area contributed by atoms with Crippen LogP contribution in [-0.2, 0) is 41.5 Å². The fourth-order valence-corrected chi connectivity index (χ4v) is 4.73. The lowest BCUT2D eigenvalue weighted by atomic mass is 9.99. The smallest absolute Gasteiger partial charge is 0.353 e. The van der Waals surface area contributed by atoms with Crippen molar-refractivity contribution in [2.45, 2.75) is 50.5 Å². The van der Waals surface area contributed by atoms with E-state index in [9.17, 15) is 28.4 Å². The zero-order chi connectivity index (χ0) is 24.6. The monoisotopic (exact) mass is 532 g/mol. The molecule has 32 heavy (non-hydrogen) atoms. The average molecular weight is 532 g/mol. The van der Waals surface area contributed by atoms with Crippen LogP contribution in [0.25, 0.3) is 0 Å². The van der Waals surface area contributed by atoms with Crippen LogP contribution < -0.4 is 0 Å². The van der Waals surface area contributed by atoms with Crippen molar-refractivity contribution in [3.63, 3.8) is 0 Å². The van der Waals surface area contributed by atoms with Gasteiger partial charge in [-0.2, -0.15) is 0 Å². The Morgan fingerprint density at radius 2 is 1.28 bits per heavy atom. The van der Waals surface area contributed by atoms with Gasteiger partial charge in [-0.05, 0) is 6.42 Å². The fourth-order valence-electron chi connectivity index (χ4n) is 2.68. The molecule has 1 fully saturated rings. The lowest BCUT2D eigenvalue weighted by Gasteiger charge is -2.45. The zero-order valence-electron chi connectivity index (χ0n) is 17.5. The number of methoxy groups -OCH3 is 1. The summed E-state index contributed by atoms with van der Waals surface area (Å²) >= 11 is 0. The van der Waals surface area contributed by atoms with Crippen molar-refractivity contribution >= 4 is 22.8 Å². The van der Waals surface area contributed by atoms with Gasteiger partial charge in [-0.15, -0.1) is 0 Å². The Kier molecular flexibility index (Phi) is 12.6. The summed E-state index contributed by atoms with van der Waals surface area (Å²) in [7, 11) is -13.1. The molecule has 1 aliphatic heterocycles. The van der Waals surface area contributed by atoms with Gasteiger partial charge in [0.15, 0.2) is 6.29 Å². The second kappa shape index (κ2) is 13.3. The van der Waals surface area contributed by atoms with Gasteiger partial charge >= 0.3 is 22.8 Å². The van der Waals surface area contributed by atoms with Crippen molar-refractivity contribution < 1.29 is 71.5 Å². The highest BCUT2D eigenvalue weighted by Gasteiger charge is 2.54. The summed E-state index contributed by atoms with van der Waals surface area (Å²) in [5.41, 5.74) is 0. The fraction of sp³-hybridized carbons (Fsp3) is 1.00. The first-order valence-electron chi connectivity index (χ1n) is 9.44. The highest BCUT2D eigenvalue weighted by molar-refractivity contribution is 7.53. The second-order valence-electron chi connectivity index (χ2n) is 6.75. The molecule has 1 aliphatic rings. The van der Waals surface area contributed by atoms with Crippen LogP contribution in [-0.4, -0.2) is 100 Å². The van der Waals surface area contributed by atoms with Gasteiger partial charge in [-0.3, -0.25) is 27.3 Å². The van der Waals surface area contributed by atoms with Crippen LogP contribution in [0.4, 0.5) is 0 Å². The number of hydrogen-bond donors (Lipinski definition) is 6. The second-order valence-corrected chi connectivity index (χ2v) is 12.1. The average Bonchev–Trinajstić information content (AvgIpc) is 2.74. The van der Waals surface area contributed by atoms with Crippen molar-refractivity contribution in [1.82, 2.24) is 0 Å². The van der Waals surface area contributed by atoms with Crippen LogP contribution in [0.15, 0.2) is 0 Å². The van der Waals surface area contributed by atoms with Gasteiger partial charge < -0.3 is 44.2 Å². The van der Waals surface area contributed by atoms with E-state index >= 15 is 0 Å². The molecule has 0 saturated carbocycles. The maximum absolute atomic E-state index is 12.1. The SMILES string of the molecule is CCCCOC[C@H]1O[C@H](OC)[C@@H](OP(=O)(O)CO)[C@H](OP(=O)(O)CO)[C@@H]1OP(=O)(O)CO. The van der Waals surface area contributed by atoms with Crippen LogP contribution in [0.2, 0.25) is 0 Å². The molecule has 0 amide bonds. The minimum Gasteiger partial charge on any atom is -0.384 e. The highest BCUT2D eigenvalue weighted by Crippen LogP contribution is 2.52. The molecular weight excluding hydrogens is 501 g/mol. The molecule has 6 N–H and O–H groups in total. The Morgan fingerprint density at radius 1 is 0.812 bits per heavy atom. The first kappa shape index (κ1) is 30.2. The van der Waals surface area contributed by atoms with E-state index in [1.807, 2.05) is 6.92 Å². The molecule has 0 aliphatic carbocycles. The Hall–Kier alpha value is 0.210. The summed E-state index contributed by atoms with van der Waals surface area (Å²) in [6.07, 6.45) is -11.0. The molecule has 15 nitrogen and oxygen atoms in total. The molecule has 192 valence electrons. The Balaban J connectivity index is 3.41. The minimum atomic E-state index is -4.79. The van der Waals surface area contributed by atoms with Gasteiger partial charge in [0.25, 0.3) is 0 Å². The third kappa shape index (κ3) is 9.46. The van der Waals surface area contributed by atoms with E-state index in [2.05, 4.69) is 0 Å². The van der Waals surface area contributed by atoms with E-state index in [-0.39, 0.29) is 13.2 Å². The van der Waals surface area contributed by atoms with Gasteiger partial charge in [0.2, 0.25) is 0 Å². The molecule has 3 unspecified atom stereocenters. The maximum Gasteiger partial charge on any atom is 0.353 e. The third-order valence-corrected chi connectivity index (χ3v) is 6.93. The van der Waals surface area contributed by atoms with Crippen molar-refractivity contribution in [3.05, 3.63) is 0 Å². The largest absolute Gasteiger partial charge is 0.384 e. The van der Waals surface area contributed by atoms with Crippen LogP contribution in [0.3, 0.4) is 0 Å². The highest BCUT2D eigenvalue weighted by atomic mass is 31.2. The first-order valence-corrected chi connectivity index (χ1v) is 14.7. The lowest BCUT2D eigenvalue weighted by molar-refractivity contribution is -0.284. The minimum absolute atomic E-state index is 0.258. The summed E-state index contributed by atoms with van der Waals surface area (Å²) in [5, 5.41) is 27.4. The van der Waals surface area contributed by atoms with Gasteiger partial charge in [0.1, 0.15) is 43.5 Å². The first-order chi connectivity index (χ1) is 14.8. The molecule has 0 aromatic rings. The van der Waals surface area contributed by atoms with Crippen molar-refractivity contribution in [1.29, 1.82) is 0 Å². The van der Waals surface area contributed by atoms with Crippen LogP contribution >= 0.6 is 22.8 Å². The van der Waals surface area contributed by atoms with Crippen LogP contribution in [0.5, 0.6) is 0 Å². The number of ether oxygens (including phenoxy) is 3. The molecular formula is C14H31O15P3. The molecule has 1 rings (SSSR count). The quantitative estimate of drug-likeness (QED) is 0.118. The van der Waals surface area contributed by atoms with Crippen LogP contribution in [0, 0.1) is 0 Å². The van der Waals surface area contributed by atoms with E-state index in [1.165, 1.54) is 0 Å². The van der Waals surface area contributed by atoms with Crippen molar-refractivity contribution in [3.8, 4) is 0 Å². The normalized spacial score (nSPS) is 32.1. The number of unbranched alkanes of at least 4 members (excludes halogenated alkanes) is 1. The molecule has 0 spiro atoms. The summed E-state index contributed by atoms with van der Waals surface area (Å²) < 4.78 is 67.2. The predicted molar refractivity (Wildman–Crippen MR) is 107 cm³/mol. The molecule has 8 atom stereocenters. The summed E-state index contributed by atoms with van der Waals surface area (Å²) in [6.45, 7) is 1.87. The van der Waals surface area contributed by atoms with E-state index in [0.717, 1.165) is 13.5 Å². The number of hydrogen-bond acceptors (Lipinski definition) is 12. The zero-order valence-corrected chi connectivity index (χ0v) is 20.2. The van der Waals surface area contributed by atoms with E-state index in [0.29, 0.717) is 6.42 Å². The standard InChI is InChI=1S/C14H31O15P3/c1-3-4-5-25-6-10-11(27-30(18,19)7-15)12(28-31(20,21)8-16)13(14(24-2)26-10)29-32(22,23)9-17/h10-17H,3-9H2,1-2H3,(H,18,19)(H,20,21)(H,22,23)/t10-,11-,12-,13+,14+/m1/s1. The van der Waals surface area contributed by atoms with Gasteiger partial charge in [-0.1, -0.05) is 13.3 Å². The molecule has 18 heteroatoms. The summed E-state index contributed by atoms with van der Waals surface area (Å²) in [6, 6.07) is 0. The van der Waals surface area contributed by atoms with E-state index < -0.39 is 72.5 Å². The molecule has 0 aromatic carbocycles. The molecule has 1 saturated heterocycles. The Labute approximate surface area is 184 Å². The summed E-state index contributed by atoms with van der Waals surface area (Å²) in [4.78, 5) is 29.3. The molecule has 0 bridgehead atoms. The van der Waals surface area contributed by atoms with Crippen molar-refractivity contribution in [2.24, 2.45) is 0 Å². The van der Waals surface area contributed by atoms with E-state index in [1.54, 1.807) is 0 Å². The lowest BCUT2D eigenvalue weighted by Crippen LogP contribution is -2.61. The number of rotatable bonds is 15. The van der Waals surface area contributed by atoms with Gasteiger partial charge in [-0.25, -0.2) is 0 Å². The van der Waals surface area contributed by atoms with E-state index in [4.69, 9.17) is 43.1 Å². The Morgan fingerprint density at radius 3 is 1.72 bits per heavy atom. The number of aliphatic hydroxyl groups is 3. The Bertz CT molecular complexity index is 705.